The van der Waals surface area contributed by atoms with Gasteiger partial charge in [0.1, 0.15) is 15.8 Å². The van der Waals surface area contributed by atoms with Crippen LogP contribution in [0.2, 0.25) is 0 Å². The van der Waals surface area contributed by atoms with E-state index in [2.05, 4.69) is 49.7 Å². The van der Waals surface area contributed by atoms with Gasteiger partial charge < -0.3 is 4.79 Å². The second-order valence-corrected chi connectivity index (χ2v) is 17.1. The highest BCUT2D eigenvalue weighted by Gasteiger charge is 2.71. The summed E-state index contributed by atoms with van der Waals surface area (Å²) in [7, 11) is 0. The fourth-order valence-electron chi connectivity index (χ4n) is 11.3. The maximum Gasteiger partial charge on any atom is 0.226 e. The summed E-state index contributed by atoms with van der Waals surface area (Å²) in [5.74, 6) is 2.04. The first-order valence-electron chi connectivity index (χ1n) is 15.1. The summed E-state index contributed by atoms with van der Waals surface area (Å²) in [6.45, 7) is 25.9. The lowest BCUT2D eigenvalue weighted by atomic mass is 9.32. The molecule has 5 aliphatic carbocycles. The monoisotopic (exact) mass is 547 g/mol. The van der Waals surface area contributed by atoms with Crippen molar-refractivity contribution in [2.45, 2.75) is 106 Å². The minimum Gasteiger partial charge on any atom is -0.307 e. The SMILES string of the molecule is [C-]#[N+]C1=C[C@]2(C)[C@H]3CC(=O)[C@@H]4[C@@H]5CC(C)(C)C[C@@H](c6nnc(C)s6)C5CC[C@@]4(C)[C@]3(C)CC[C@H]2C(C)(C)C1=O. The van der Waals surface area contributed by atoms with Gasteiger partial charge in [0, 0.05) is 23.7 Å². The van der Waals surface area contributed by atoms with Gasteiger partial charge in [-0.2, -0.15) is 0 Å². The number of fused-ring (bicyclic) bond motifs is 7. The second kappa shape index (κ2) is 8.34. The molecule has 0 amide bonds. The van der Waals surface area contributed by atoms with Gasteiger partial charge in [-0.05, 0) is 90.8 Å². The normalized spacial score (nSPS) is 46.2. The maximum absolute atomic E-state index is 14.6. The Balaban J connectivity index is 1.43. The number of aryl methyl sites for hydroxylation is 1. The van der Waals surface area contributed by atoms with Crippen molar-refractivity contribution in [1.29, 1.82) is 0 Å². The topological polar surface area (TPSA) is 64.3 Å². The van der Waals surface area contributed by atoms with Crippen molar-refractivity contribution in [3.8, 4) is 0 Å². The van der Waals surface area contributed by atoms with E-state index in [0.717, 1.165) is 43.5 Å². The van der Waals surface area contributed by atoms with Gasteiger partial charge in [-0.15, -0.1) is 21.5 Å². The third kappa shape index (κ3) is 3.53. The molecule has 1 aromatic rings. The predicted molar refractivity (Wildman–Crippen MR) is 154 cm³/mol. The molecule has 6 heteroatoms. The molecule has 0 aliphatic heterocycles. The first-order chi connectivity index (χ1) is 18.1. The van der Waals surface area contributed by atoms with Gasteiger partial charge in [0.15, 0.2) is 5.78 Å². The van der Waals surface area contributed by atoms with Crippen LogP contribution < -0.4 is 0 Å². The number of hydrogen-bond donors (Lipinski definition) is 0. The van der Waals surface area contributed by atoms with E-state index in [1.165, 1.54) is 5.01 Å². The van der Waals surface area contributed by atoms with E-state index in [9.17, 15) is 9.59 Å². The highest BCUT2D eigenvalue weighted by molar-refractivity contribution is 7.11. The minimum absolute atomic E-state index is 0.0156. The molecule has 1 unspecified atom stereocenters. The van der Waals surface area contributed by atoms with E-state index < -0.39 is 5.41 Å². The number of Topliss-reactive ketones (excluding diaryl/α,β-unsaturated/α-hetero) is 2. The molecule has 4 fully saturated rings. The number of nitrogens with zero attached hydrogens (tertiary/aromatic N) is 3. The van der Waals surface area contributed by atoms with E-state index in [4.69, 9.17) is 6.57 Å². The van der Waals surface area contributed by atoms with Crippen LogP contribution in [0.25, 0.3) is 4.85 Å². The zero-order chi connectivity index (χ0) is 28.3. The Morgan fingerprint density at radius 1 is 0.923 bits per heavy atom. The van der Waals surface area contributed by atoms with Gasteiger partial charge in [0.05, 0.1) is 6.57 Å². The molecule has 5 nitrogen and oxygen atoms in total. The quantitative estimate of drug-likeness (QED) is 0.336. The largest absolute Gasteiger partial charge is 0.307 e. The first-order valence-corrected chi connectivity index (χ1v) is 15.9. The lowest BCUT2D eigenvalue weighted by Gasteiger charge is -2.71. The van der Waals surface area contributed by atoms with E-state index in [0.29, 0.717) is 30.0 Å². The van der Waals surface area contributed by atoms with Crippen molar-refractivity contribution >= 4 is 22.9 Å². The van der Waals surface area contributed by atoms with Crippen LogP contribution in [0.15, 0.2) is 11.8 Å². The zero-order valence-corrected chi connectivity index (χ0v) is 25.9. The van der Waals surface area contributed by atoms with Gasteiger partial charge >= 0.3 is 0 Å². The van der Waals surface area contributed by atoms with Crippen LogP contribution in [0.5, 0.6) is 0 Å². The number of carbonyl (C=O) groups excluding carboxylic acids is 2. The molecule has 1 heterocycles. The summed E-state index contributed by atoms with van der Waals surface area (Å²) >= 11 is 1.75. The summed E-state index contributed by atoms with van der Waals surface area (Å²) < 4.78 is 0. The first kappa shape index (κ1) is 27.3. The number of ketones is 2. The summed E-state index contributed by atoms with van der Waals surface area (Å²) in [5.41, 5.74) is -0.567. The molecule has 9 atom stereocenters. The number of allylic oxidation sites excluding steroid dienone is 2. The summed E-state index contributed by atoms with van der Waals surface area (Å²) in [6.07, 6.45) is 9.04. The Kier molecular flexibility index (Phi) is 5.84. The van der Waals surface area contributed by atoms with Crippen LogP contribution >= 0.6 is 11.3 Å². The molecule has 4 saturated carbocycles. The lowest BCUT2D eigenvalue weighted by molar-refractivity contribution is -0.212. The van der Waals surface area contributed by atoms with Crippen molar-refractivity contribution in [2.24, 2.45) is 56.7 Å². The zero-order valence-electron chi connectivity index (χ0n) is 25.1. The van der Waals surface area contributed by atoms with Crippen LogP contribution in [0.4, 0.5) is 0 Å². The molecule has 5 aliphatic rings. The number of rotatable bonds is 1. The summed E-state index contributed by atoms with van der Waals surface area (Å²) in [5, 5.41) is 11.2. The van der Waals surface area contributed by atoms with Gasteiger partial charge in [-0.1, -0.05) is 54.5 Å². The maximum atomic E-state index is 14.6. The average molecular weight is 548 g/mol. The third-order valence-electron chi connectivity index (χ3n) is 13.1. The van der Waals surface area contributed by atoms with Gasteiger partial charge in [0.25, 0.3) is 0 Å². The minimum atomic E-state index is -0.580. The number of aromatic nitrogens is 2. The molecule has 0 aromatic carbocycles. The fourth-order valence-corrected chi connectivity index (χ4v) is 12.2. The fraction of sp³-hybridized carbons (Fsp3) is 0.788. The molecular formula is C33H45N3O2S. The summed E-state index contributed by atoms with van der Waals surface area (Å²) in [4.78, 5) is 31.6. The van der Waals surface area contributed by atoms with Crippen molar-refractivity contribution in [3.63, 3.8) is 0 Å². The lowest BCUT2D eigenvalue weighted by Crippen LogP contribution is -2.67. The van der Waals surface area contributed by atoms with Gasteiger partial charge in [-0.25, -0.2) is 4.85 Å². The summed E-state index contributed by atoms with van der Waals surface area (Å²) in [6, 6.07) is 0. The Labute approximate surface area is 238 Å². The van der Waals surface area contributed by atoms with Crippen LogP contribution in [0.3, 0.4) is 0 Å². The molecule has 1 aromatic heterocycles. The van der Waals surface area contributed by atoms with Crippen LogP contribution in [-0.4, -0.2) is 21.8 Å². The average Bonchev–Trinajstić information content (AvgIpc) is 3.28. The van der Waals surface area contributed by atoms with Gasteiger partial charge in [-0.3, -0.25) is 4.79 Å². The Bertz CT molecular complexity index is 1320. The highest BCUT2D eigenvalue weighted by atomic mass is 32.1. The van der Waals surface area contributed by atoms with Crippen molar-refractivity contribution in [2.75, 3.05) is 0 Å². The number of hydrogen-bond acceptors (Lipinski definition) is 5. The Hall–Kier alpha value is -1.87. The molecule has 39 heavy (non-hydrogen) atoms. The Morgan fingerprint density at radius 3 is 2.26 bits per heavy atom. The van der Waals surface area contributed by atoms with E-state index in [1.54, 1.807) is 11.3 Å². The molecular weight excluding hydrogens is 502 g/mol. The van der Waals surface area contributed by atoms with E-state index in [1.807, 2.05) is 26.8 Å². The molecule has 0 spiro atoms. The van der Waals surface area contributed by atoms with Crippen LogP contribution in [-0.2, 0) is 9.59 Å². The van der Waals surface area contributed by atoms with E-state index >= 15 is 0 Å². The predicted octanol–water partition coefficient (Wildman–Crippen LogP) is 7.82. The van der Waals surface area contributed by atoms with E-state index in [-0.39, 0.29) is 50.9 Å². The number of carbonyl (C=O) groups is 2. The molecule has 0 radical (unpaired) electrons. The second-order valence-electron chi connectivity index (χ2n) is 15.9. The molecule has 0 bridgehead atoms. The van der Waals surface area contributed by atoms with Crippen molar-refractivity contribution < 1.29 is 9.59 Å². The van der Waals surface area contributed by atoms with Crippen molar-refractivity contribution in [3.05, 3.63) is 33.2 Å². The molecule has 210 valence electrons. The molecule has 6 rings (SSSR count). The third-order valence-corrected chi connectivity index (χ3v) is 14.1. The highest BCUT2D eigenvalue weighted by Crippen LogP contribution is 2.75. The smallest absolute Gasteiger partial charge is 0.226 e. The van der Waals surface area contributed by atoms with Gasteiger partial charge in [0.2, 0.25) is 5.70 Å². The molecule has 0 N–H and O–H groups in total. The van der Waals surface area contributed by atoms with Crippen LogP contribution in [0, 0.1) is 70.2 Å². The molecule has 0 saturated heterocycles. The Morgan fingerprint density at radius 2 is 1.62 bits per heavy atom. The van der Waals surface area contributed by atoms with Crippen molar-refractivity contribution in [1.82, 2.24) is 10.2 Å². The standard InChI is InChI=1S/C33H45N3O2S/c1-18-35-36-28(39-18)21-16-29(2,3)15-20-19(21)10-12-33(8)26(20)23(37)14-25-31(6)17-22(34-9)27(38)30(4,5)24(31)11-13-32(25,33)7/h17,19-21,24-26H,10-16H2,1-8H3/t19?,20-,21-,24+,25-,26+,31+,32-,33-/m1/s1. The van der Waals surface area contributed by atoms with Crippen LogP contribution in [0.1, 0.15) is 109 Å².